The first-order valence-corrected chi connectivity index (χ1v) is 5.77. The van der Waals surface area contributed by atoms with Crippen molar-refractivity contribution in [2.45, 2.75) is 66.7 Å². The predicted molar refractivity (Wildman–Crippen MR) is 62.0 cm³/mol. The van der Waals surface area contributed by atoms with Crippen LogP contribution in [0.2, 0.25) is 0 Å². The molecule has 0 aromatic carbocycles. The SMILES string of the molecule is CCCC(C)CCC(C)=C(C)CC. The first-order valence-electron chi connectivity index (χ1n) is 5.77. The molecule has 0 aliphatic heterocycles. The van der Waals surface area contributed by atoms with Gasteiger partial charge in [0.15, 0.2) is 0 Å². The van der Waals surface area contributed by atoms with Crippen LogP contribution in [-0.4, -0.2) is 0 Å². The average Bonchev–Trinajstić information content (AvgIpc) is 2.13. The van der Waals surface area contributed by atoms with E-state index in [0.717, 1.165) is 5.92 Å². The summed E-state index contributed by atoms with van der Waals surface area (Å²) in [7, 11) is 0. The highest BCUT2D eigenvalue weighted by molar-refractivity contribution is 5.08. The minimum Gasteiger partial charge on any atom is -0.0747 e. The van der Waals surface area contributed by atoms with Gasteiger partial charge in [-0.1, -0.05) is 44.8 Å². The Balaban J connectivity index is 3.75. The van der Waals surface area contributed by atoms with E-state index >= 15 is 0 Å². The molecule has 0 aromatic rings. The van der Waals surface area contributed by atoms with Gasteiger partial charge in [0.25, 0.3) is 0 Å². The Labute approximate surface area is 84.4 Å². The molecule has 0 bridgehead atoms. The first kappa shape index (κ1) is 12.7. The highest BCUT2D eigenvalue weighted by atomic mass is 14.1. The summed E-state index contributed by atoms with van der Waals surface area (Å²) < 4.78 is 0. The third-order valence-corrected chi connectivity index (χ3v) is 3.05. The molecular weight excluding hydrogens is 156 g/mol. The largest absolute Gasteiger partial charge is 0.0747 e. The van der Waals surface area contributed by atoms with Gasteiger partial charge >= 0.3 is 0 Å². The molecule has 0 heterocycles. The molecule has 0 radical (unpaired) electrons. The minimum absolute atomic E-state index is 0.907. The van der Waals surface area contributed by atoms with E-state index in [1.54, 1.807) is 11.1 Å². The van der Waals surface area contributed by atoms with E-state index in [1.165, 1.54) is 32.1 Å². The van der Waals surface area contributed by atoms with Gasteiger partial charge in [-0.3, -0.25) is 0 Å². The zero-order chi connectivity index (χ0) is 10.3. The van der Waals surface area contributed by atoms with Crippen LogP contribution in [0.4, 0.5) is 0 Å². The van der Waals surface area contributed by atoms with Gasteiger partial charge in [-0.05, 0) is 39.0 Å². The molecule has 0 amide bonds. The normalized spacial score (nSPS) is 15.5. The van der Waals surface area contributed by atoms with Crippen molar-refractivity contribution in [1.82, 2.24) is 0 Å². The molecule has 0 saturated heterocycles. The van der Waals surface area contributed by atoms with Crippen molar-refractivity contribution >= 4 is 0 Å². The molecule has 0 aliphatic rings. The van der Waals surface area contributed by atoms with Crippen molar-refractivity contribution in [3.63, 3.8) is 0 Å². The van der Waals surface area contributed by atoms with Crippen molar-refractivity contribution in [3.8, 4) is 0 Å². The van der Waals surface area contributed by atoms with Crippen molar-refractivity contribution in [3.05, 3.63) is 11.1 Å². The first-order chi connectivity index (χ1) is 6.11. The summed E-state index contributed by atoms with van der Waals surface area (Å²) in [5.74, 6) is 0.907. The van der Waals surface area contributed by atoms with Crippen LogP contribution in [0.25, 0.3) is 0 Å². The number of rotatable bonds is 6. The standard InChI is InChI=1S/C13H26/c1-6-8-11(3)9-10-13(5)12(4)7-2/h11H,6-10H2,1-5H3. The van der Waals surface area contributed by atoms with Crippen LogP contribution in [0.1, 0.15) is 66.7 Å². The molecule has 13 heavy (non-hydrogen) atoms. The predicted octanol–water partition coefficient (Wildman–Crippen LogP) is 4.95. The molecule has 0 fully saturated rings. The van der Waals surface area contributed by atoms with Gasteiger partial charge < -0.3 is 0 Å². The van der Waals surface area contributed by atoms with Gasteiger partial charge in [0.05, 0.1) is 0 Å². The van der Waals surface area contributed by atoms with Crippen LogP contribution in [-0.2, 0) is 0 Å². The molecule has 0 saturated carbocycles. The van der Waals surface area contributed by atoms with Crippen LogP contribution in [0.3, 0.4) is 0 Å². The van der Waals surface area contributed by atoms with E-state index in [2.05, 4.69) is 34.6 Å². The fraction of sp³-hybridized carbons (Fsp3) is 0.846. The summed E-state index contributed by atoms with van der Waals surface area (Å²) in [4.78, 5) is 0. The zero-order valence-electron chi connectivity index (χ0n) is 10.1. The summed E-state index contributed by atoms with van der Waals surface area (Å²) >= 11 is 0. The third kappa shape index (κ3) is 5.90. The summed E-state index contributed by atoms with van der Waals surface area (Å²) in [6.45, 7) is 11.4. The van der Waals surface area contributed by atoms with E-state index in [4.69, 9.17) is 0 Å². The van der Waals surface area contributed by atoms with Crippen LogP contribution in [0, 0.1) is 5.92 Å². The summed E-state index contributed by atoms with van der Waals surface area (Å²) in [6, 6.07) is 0. The van der Waals surface area contributed by atoms with Crippen LogP contribution in [0.5, 0.6) is 0 Å². The van der Waals surface area contributed by atoms with Crippen molar-refractivity contribution < 1.29 is 0 Å². The smallest absolute Gasteiger partial charge is 0.0318 e. The second-order valence-electron chi connectivity index (χ2n) is 4.35. The molecule has 0 heteroatoms. The highest BCUT2D eigenvalue weighted by Crippen LogP contribution is 2.19. The Kier molecular flexibility index (Phi) is 7.03. The Morgan fingerprint density at radius 1 is 1.00 bits per heavy atom. The van der Waals surface area contributed by atoms with E-state index < -0.39 is 0 Å². The lowest BCUT2D eigenvalue weighted by Gasteiger charge is -2.11. The summed E-state index contributed by atoms with van der Waals surface area (Å²) in [6.07, 6.45) is 6.61. The van der Waals surface area contributed by atoms with E-state index in [0.29, 0.717) is 0 Å². The van der Waals surface area contributed by atoms with Crippen molar-refractivity contribution in [2.75, 3.05) is 0 Å². The van der Waals surface area contributed by atoms with Crippen LogP contribution in [0.15, 0.2) is 11.1 Å². The maximum atomic E-state index is 2.37. The Morgan fingerprint density at radius 3 is 2.08 bits per heavy atom. The Morgan fingerprint density at radius 2 is 1.62 bits per heavy atom. The highest BCUT2D eigenvalue weighted by Gasteiger charge is 2.02. The second kappa shape index (κ2) is 7.17. The van der Waals surface area contributed by atoms with Gasteiger partial charge in [-0.15, -0.1) is 0 Å². The number of allylic oxidation sites excluding steroid dienone is 2. The Bertz CT molecular complexity index is 153. The monoisotopic (exact) mass is 182 g/mol. The van der Waals surface area contributed by atoms with Gasteiger partial charge in [0.2, 0.25) is 0 Å². The summed E-state index contributed by atoms with van der Waals surface area (Å²) in [5, 5.41) is 0. The molecule has 0 aliphatic carbocycles. The maximum absolute atomic E-state index is 2.37. The topological polar surface area (TPSA) is 0 Å². The zero-order valence-corrected chi connectivity index (χ0v) is 10.1. The molecule has 0 spiro atoms. The van der Waals surface area contributed by atoms with Gasteiger partial charge in [-0.2, -0.15) is 0 Å². The number of hydrogen-bond acceptors (Lipinski definition) is 0. The lowest BCUT2D eigenvalue weighted by atomic mass is 9.95. The van der Waals surface area contributed by atoms with E-state index in [1.807, 2.05) is 0 Å². The van der Waals surface area contributed by atoms with E-state index in [9.17, 15) is 0 Å². The van der Waals surface area contributed by atoms with Gasteiger partial charge in [-0.25, -0.2) is 0 Å². The number of hydrogen-bond donors (Lipinski definition) is 0. The fourth-order valence-corrected chi connectivity index (χ4v) is 1.62. The van der Waals surface area contributed by atoms with Crippen LogP contribution < -0.4 is 0 Å². The van der Waals surface area contributed by atoms with Gasteiger partial charge in [0.1, 0.15) is 0 Å². The van der Waals surface area contributed by atoms with Crippen LogP contribution >= 0.6 is 0 Å². The Hall–Kier alpha value is -0.260. The molecule has 0 aromatic heterocycles. The van der Waals surface area contributed by atoms with Gasteiger partial charge in [0, 0.05) is 0 Å². The molecular formula is C13H26. The second-order valence-corrected chi connectivity index (χ2v) is 4.35. The molecule has 1 unspecified atom stereocenters. The lowest BCUT2D eigenvalue weighted by Crippen LogP contribution is -1.95. The molecule has 0 nitrogen and oxygen atoms in total. The molecule has 0 N–H and O–H groups in total. The maximum Gasteiger partial charge on any atom is -0.0318 e. The quantitative estimate of drug-likeness (QED) is 0.510. The van der Waals surface area contributed by atoms with Crippen molar-refractivity contribution in [2.24, 2.45) is 5.92 Å². The van der Waals surface area contributed by atoms with Crippen molar-refractivity contribution in [1.29, 1.82) is 0 Å². The lowest BCUT2D eigenvalue weighted by molar-refractivity contribution is 0.484. The summed E-state index contributed by atoms with van der Waals surface area (Å²) in [5.41, 5.74) is 3.20. The molecule has 78 valence electrons. The molecule has 1 atom stereocenters. The third-order valence-electron chi connectivity index (χ3n) is 3.05. The average molecular weight is 182 g/mol. The minimum atomic E-state index is 0.907. The fourth-order valence-electron chi connectivity index (χ4n) is 1.62. The molecule has 0 rings (SSSR count). The van der Waals surface area contributed by atoms with E-state index in [-0.39, 0.29) is 0 Å².